The number of ether oxygens (including phenoxy) is 2. The van der Waals surface area contributed by atoms with Crippen molar-refractivity contribution in [3.05, 3.63) is 0 Å². The van der Waals surface area contributed by atoms with Gasteiger partial charge in [0.25, 0.3) is 11.8 Å². The Labute approximate surface area is 184 Å². The summed E-state index contributed by atoms with van der Waals surface area (Å²) in [5.74, 6) is 9.33. The van der Waals surface area contributed by atoms with Crippen molar-refractivity contribution >= 4 is 45.6 Å². The number of nitrogens with one attached hydrogen (secondary N) is 4. The van der Waals surface area contributed by atoms with E-state index in [2.05, 4.69) is 10.6 Å². The third kappa shape index (κ3) is 13.3. The highest BCUT2D eigenvalue weighted by atomic mass is 33.1. The van der Waals surface area contributed by atoms with E-state index >= 15 is 0 Å². The molecule has 0 bridgehead atoms. The van der Waals surface area contributed by atoms with Gasteiger partial charge in [0.2, 0.25) is 0 Å². The number of hydrogen-bond acceptors (Lipinski definition) is 10. The van der Waals surface area contributed by atoms with Crippen LogP contribution < -0.4 is 33.2 Å². The van der Waals surface area contributed by atoms with Gasteiger partial charge in [-0.3, -0.25) is 20.4 Å². The van der Waals surface area contributed by atoms with Gasteiger partial charge < -0.3 is 20.1 Å². The Morgan fingerprint density at radius 1 is 0.733 bits per heavy atom. The molecule has 0 heterocycles. The molecule has 30 heavy (non-hydrogen) atoms. The van der Waals surface area contributed by atoms with Gasteiger partial charge >= 0.3 is 12.2 Å². The van der Waals surface area contributed by atoms with Crippen LogP contribution in [0.3, 0.4) is 0 Å². The predicted molar refractivity (Wildman–Crippen MR) is 116 cm³/mol. The van der Waals surface area contributed by atoms with Crippen LogP contribution in [-0.2, 0) is 19.1 Å². The lowest BCUT2D eigenvalue weighted by molar-refractivity contribution is -0.123. The van der Waals surface area contributed by atoms with Crippen molar-refractivity contribution in [3.63, 3.8) is 0 Å². The second-order valence-electron chi connectivity index (χ2n) is 7.98. The molecular weight excluding hydrogens is 436 g/mol. The molecule has 0 saturated carbocycles. The highest BCUT2D eigenvalue weighted by Gasteiger charge is 2.26. The molecule has 0 aliphatic rings. The summed E-state index contributed by atoms with van der Waals surface area (Å²) in [6, 6.07) is -1.94. The molecule has 0 saturated heterocycles. The topological polar surface area (TPSA) is 187 Å². The van der Waals surface area contributed by atoms with Crippen molar-refractivity contribution < 1.29 is 28.7 Å². The van der Waals surface area contributed by atoms with Gasteiger partial charge in [-0.2, -0.15) is 0 Å². The quantitative estimate of drug-likeness (QED) is 0.0892. The van der Waals surface area contributed by atoms with Crippen LogP contribution in [0.5, 0.6) is 0 Å². The summed E-state index contributed by atoms with van der Waals surface area (Å²) in [5.41, 5.74) is 2.48. The number of hydrogen-bond donors (Lipinski definition) is 6. The van der Waals surface area contributed by atoms with Crippen molar-refractivity contribution in [3.8, 4) is 0 Å². The molecule has 0 radical (unpaired) electrons. The maximum Gasteiger partial charge on any atom is 0.408 e. The minimum atomic E-state index is -0.969. The van der Waals surface area contributed by atoms with Gasteiger partial charge in [-0.15, -0.1) is 0 Å². The summed E-state index contributed by atoms with van der Waals surface area (Å²) in [6.45, 7) is 10.1. The van der Waals surface area contributed by atoms with E-state index in [4.69, 9.17) is 21.2 Å². The summed E-state index contributed by atoms with van der Waals surface area (Å²) in [4.78, 5) is 47.6. The summed E-state index contributed by atoms with van der Waals surface area (Å²) >= 11 is 0. The molecule has 2 atom stereocenters. The summed E-state index contributed by atoms with van der Waals surface area (Å²) in [7, 11) is 2.36. The lowest BCUT2D eigenvalue weighted by Gasteiger charge is -2.23. The number of alkyl carbamates (subject to hydrolysis) is 2. The second kappa shape index (κ2) is 12.7. The molecule has 0 fully saturated rings. The normalized spacial score (nSPS) is 13.5. The zero-order valence-corrected chi connectivity index (χ0v) is 19.6. The molecule has 0 aliphatic carbocycles. The minimum Gasteiger partial charge on any atom is -0.444 e. The fraction of sp³-hybridized carbons (Fsp3) is 0.750. The molecule has 12 nitrogen and oxygen atoms in total. The van der Waals surface area contributed by atoms with Crippen LogP contribution in [0.15, 0.2) is 0 Å². The van der Waals surface area contributed by atoms with Crippen LogP contribution in [0.25, 0.3) is 0 Å². The fourth-order valence-corrected chi connectivity index (χ4v) is 4.03. The van der Waals surface area contributed by atoms with Gasteiger partial charge in [0, 0.05) is 11.5 Å². The van der Waals surface area contributed by atoms with Crippen molar-refractivity contribution in [2.75, 3.05) is 11.5 Å². The average molecular weight is 469 g/mol. The van der Waals surface area contributed by atoms with Gasteiger partial charge in [-0.1, -0.05) is 21.6 Å². The first-order valence-corrected chi connectivity index (χ1v) is 11.4. The van der Waals surface area contributed by atoms with Crippen molar-refractivity contribution in [1.29, 1.82) is 0 Å². The van der Waals surface area contributed by atoms with Crippen molar-refractivity contribution in [1.82, 2.24) is 21.5 Å². The van der Waals surface area contributed by atoms with Gasteiger partial charge in [0.1, 0.15) is 23.3 Å². The molecule has 14 heteroatoms. The van der Waals surface area contributed by atoms with Gasteiger partial charge in [-0.05, 0) is 41.5 Å². The van der Waals surface area contributed by atoms with E-state index in [1.54, 1.807) is 41.5 Å². The smallest absolute Gasteiger partial charge is 0.408 e. The Kier molecular flexibility index (Phi) is 11.9. The standard InChI is InChI=1S/C16H32N6O6S2/c1-15(2,3)27-13(25)19-9(11(23)21-17)7-29-30-8-10(12(24)22-18)20-14(26)28-16(4,5)6/h9-10H,7-8,17-18H2,1-6H3,(H,19,25)(H,20,26)(H,21,23)(H,22,24)/t9-,10?/m0/s1. The van der Waals surface area contributed by atoms with E-state index < -0.39 is 47.3 Å². The number of carbonyl (C=O) groups is 4. The van der Waals surface area contributed by atoms with E-state index in [-0.39, 0.29) is 11.5 Å². The van der Waals surface area contributed by atoms with Crippen LogP contribution >= 0.6 is 21.6 Å². The summed E-state index contributed by atoms with van der Waals surface area (Å²) < 4.78 is 10.2. The Balaban J connectivity index is 4.74. The van der Waals surface area contributed by atoms with Crippen LogP contribution in [-0.4, -0.2) is 58.8 Å². The SMILES string of the molecule is CC(C)(C)OC(=O)NC(CSSC[C@H](NC(=O)OC(C)(C)C)C(=O)NN)C(=O)NN. The molecule has 174 valence electrons. The number of amides is 4. The monoisotopic (exact) mass is 468 g/mol. The van der Waals surface area contributed by atoms with Gasteiger partial charge in [0.15, 0.2) is 0 Å². The predicted octanol–water partition coefficient (Wildman–Crippen LogP) is 0.134. The lowest BCUT2D eigenvalue weighted by atomic mass is 10.2. The van der Waals surface area contributed by atoms with E-state index in [1.807, 2.05) is 10.9 Å². The minimum absolute atomic E-state index is 0.121. The third-order valence-electron chi connectivity index (χ3n) is 2.85. The van der Waals surface area contributed by atoms with E-state index in [0.29, 0.717) is 0 Å². The number of hydrazine groups is 2. The van der Waals surface area contributed by atoms with E-state index in [0.717, 1.165) is 0 Å². The van der Waals surface area contributed by atoms with Crippen LogP contribution in [0, 0.1) is 0 Å². The molecule has 8 N–H and O–H groups in total. The Bertz CT molecular complexity index is 556. The highest BCUT2D eigenvalue weighted by Crippen LogP contribution is 2.23. The van der Waals surface area contributed by atoms with Gasteiger partial charge in [-0.25, -0.2) is 21.3 Å². The molecule has 0 aromatic rings. The molecule has 4 amide bonds. The zero-order valence-electron chi connectivity index (χ0n) is 18.0. The Hall–Kier alpha value is -1.90. The molecule has 1 unspecified atom stereocenters. The largest absolute Gasteiger partial charge is 0.444 e. The molecule has 0 rings (SSSR count). The number of rotatable bonds is 9. The molecule has 0 aromatic carbocycles. The second-order valence-corrected chi connectivity index (χ2v) is 10.5. The van der Waals surface area contributed by atoms with Crippen molar-refractivity contribution in [2.24, 2.45) is 11.7 Å². The van der Waals surface area contributed by atoms with E-state index in [9.17, 15) is 19.2 Å². The van der Waals surface area contributed by atoms with Gasteiger partial charge in [0.05, 0.1) is 0 Å². The first kappa shape index (κ1) is 28.1. The lowest BCUT2D eigenvalue weighted by Crippen LogP contribution is -2.51. The summed E-state index contributed by atoms with van der Waals surface area (Å²) in [6.07, 6.45) is -1.54. The molecule has 0 aromatic heterocycles. The molecular formula is C16H32N6O6S2. The maximum atomic E-state index is 11.9. The first-order valence-electron chi connectivity index (χ1n) is 8.93. The highest BCUT2D eigenvalue weighted by molar-refractivity contribution is 8.76. The average Bonchev–Trinajstić information content (AvgIpc) is 2.58. The third-order valence-corrected chi connectivity index (χ3v) is 5.27. The maximum absolute atomic E-state index is 11.9. The first-order chi connectivity index (χ1) is 13.7. The molecule has 0 spiro atoms. The van der Waals surface area contributed by atoms with Crippen LogP contribution in [0.2, 0.25) is 0 Å². The Morgan fingerprint density at radius 2 is 1.03 bits per heavy atom. The van der Waals surface area contributed by atoms with Crippen LogP contribution in [0.1, 0.15) is 41.5 Å². The number of nitrogens with two attached hydrogens (primary N) is 2. The molecule has 0 aliphatic heterocycles. The van der Waals surface area contributed by atoms with Crippen molar-refractivity contribution in [2.45, 2.75) is 64.8 Å². The fourth-order valence-electron chi connectivity index (χ4n) is 1.70. The van der Waals surface area contributed by atoms with Crippen LogP contribution in [0.4, 0.5) is 9.59 Å². The zero-order chi connectivity index (χ0) is 23.5. The summed E-state index contributed by atoms with van der Waals surface area (Å²) in [5, 5.41) is 4.86. The van der Waals surface area contributed by atoms with E-state index in [1.165, 1.54) is 21.6 Å². The number of carbonyl (C=O) groups excluding carboxylic acids is 4. The Morgan fingerprint density at radius 3 is 1.27 bits per heavy atom.